The monoisotopic (exact) mass is 784 g/mol. The van der Waals surface area contributed by atoms with Crippen LogP contribution in [0, 0.1) is 44.8 Å². The molecule has 5 saturated carbocycles. The molecule has 0 aromatic rings. The summed E-state index contributed by atoms with van der Waals surface area (Å²) in [7, 11) is 0. The average molecular weight is 785 g/mol. The first-order valence-electron chi connectivity index (χ1n) is 20.9. The van der Waals surface area contributed by atoms with Crippen LogP contribution in [-0.2, 0) is 23.7 Å². The molecule has 8 aliphatic rings. The van der Waals surface area contributed by atoms with E-state index in [4.69, 9.17) is 23.7 Å². The van der Waals surface area contributed by atoms with Crippen molar-refractivity contribution in [3.05, 3.63) is 0 Å². The Morgan fingerprint density at radius 1 is 0.709 bits per heavy atom. The third-order valence-electron chi connectivity index (χ3n) is 17.6. The molecule has 8 rings (SSSR count). The summed E-state index contributed by atoms with van der Waals surface area (Å²) in [5.41, 5.74) is -3.16. The summed E-state index contributed by atoms with van der Waals surface area (Å²) in [6.07, 6.45) is -7.48. The van der Waals surface area contributed by atoms with E-state index in [1.165, 1.54) is 0 Å². The summed E-state index contributed by atoms with van der Waals surface area (Å²) < 4.78 is 31.9. The number of ether oxygens (including phenoxy) is 5. The Kier molecular flexibility index (Phi) is 9.90. The highest BCUT2D eigenvalue weighted by molar-refractivity contribution is 5.33. The smallest absolute Gasteiger partial charge is 0.186 e. The average Bonchev–Trinajstić information content (AvgIpc) is 3.47. The van der Waals surface area contributed by atoms with Crippen LogP contribution in [0.4, 0.5) is 0 Å². The van der Waals surface area contributed by atoms with Crippen LogP contribution in [0.3, 0.4) is 0 Å². The normalized spacial score (nSPS) is 58.7. The first-order chi connectivity index (χ1) is 25.5. The number of rotatable bonds is 7. The van der Waals surface area contributed by atoms with E-state index >= 15 is 0 Å². The summed E-state index contributed by atoms with van der Waals surface area (Å²) in [5.74, 6) is -0.215. The molecule has 14 heteroatoms. The van der Waals surface area contributed by atoms with Crippen molar-refractivity contribution in [1.82, 2.24) is 0 Å². The van der Waals surface area contributed by atoms with Gasteiger partial charge in [0.15, 0.2) is 12.6 Å². The molecule has 0 aromatic heterocycles. The largest absolute Gasteiger partial charge is 0.394 e. The van der Waals surface area contributed by atoms with Gasteiger partial charge in [-0.3, -0.25) is 0 Å². The van der Waals surface area contributed by atoms with Gasteiger partial charge >= 0.3 is 0 Å². The van der Waals surface area contributed by atoms with Crippen molar-refractivity contribution < 1.29 is 69.6 Å². The summed E-state index contributed by atoms with van der Waals surface area (Å²) in [4.78, 5) is 0. The minimum atomic E-state index is -1.60. The minimum Gasteiger partial charge on any atom is -0.394 e. The number of aliphatic hydroxyl groups is 9. The molecule has 3 aliphatic heterocycles. The van der Waals surface area contributed by atoms with Crippen molar-refractivity contribution in [3.63, 3.8) is 0 Å². The van der Waals surface area contributed by atoms with Gasteiger partial charge in [-0.25, -0.2) is 0 Å². The lowest BCUT2D eigenvalue weighted by Crippen LogP contribution is -2.65. The predicted octanol–water partition coefficient (Wildman–Crippen LogP) is 0.724. The first kappa shape index (κ1) is 41.2. The molecule has 5 aliphatic carbocycles. The van der Waals surface area contributed by atoms with Crippen molar-refractivity contribution in [3.8, 4) is 0 Å². The van der Waals surface area contributed by atoms with Crippen LogP contribution in [-0.4, -0.2) is 150 Å². The van der Waals surface area contributed by atoms with Crippen LogP contribution in [0.5, 0.6) is 0 Å². The van der Waals surface area contributed by atoms with Crippen LogP contribution < -0.4 is 0 Å². The SMILES string of the molecule is CC(C)(O)[C@@H]1CC[C@](C)([C@@H]2[C@@H](O)C[C@]3(C)[C@H]4C[C@H](O[C@H]5O[C@@H](CO)[C@H](O)[C@@H](O)[C@@H]5O)[C@@H]5C(C)(C)[C@H](O[C@@H]6OC[C@@H](O)[C@H](O)[C@@H]6O)CC[C@@]56C[C@@]46CC[C@]23C)O1. The molecule has 3 heterocycles. The Labute approximate surface area is 324 Å². The number of hydrogen-bond donors (Lipinski definition) is 9. The standard InChI is InChI=1S/C41H68O14/c1-35(2)24(54-33-29(48)26(45)20(44)17-51-33)9-11-41-18-40(41)13-12-37(5)31(39(7)10-8-25(55-39)36(3,4)50)19(43)15-38(37,6)23(40)14-21(32(35)41)52-34-30(49)28(47)27(46)22(16-42)53-34/h19-34,42-50H,8-18H2,1-7H3/t19-,20+,21-,22-,23+,24+,25-,26-,27-,28+,29-,30-,31+,32+,33-,34-,37+,38+,39+,40-,41+/m0/s1. The van der Waals surface area contributed by atoms with E-state index in [-0.39, 0.29) is 52.1 Å². The van der Waals surface area contributed by atoms with Gasteiger partial charge < -0.3 is 69.6 Å². The maximum atomic E-state index is 12.2. The van der Waals surface area contributed by atoms with Crippen molar-refractivity contribution in [2.45, 2.75) is 197 Å². The molecule has 316 valence electrons. The Hall–Kier alpha value is -0.560. The molecule has 2 spiro atoms. The van der Waals surface area contributed by atoms with Gasteiger partial charge in [0.2, 0.25) is 0 Å². The molecule has 0 aromatic carbocycles. The molecule has 8 fully saturated rings. The lowest BCUT2D eigenvalue weighted by atomic mass is 9.41. The minimum absolute atomic E-state index is 0.0633. The predicted molar refractivity (Wildman–Crippen MR) is 194 cm³/mol. The van der Waals surface area contributed by atoms with E-state index in [1.807, 2.05) is 0 Å². The van der Waals surface area contributed by atoms with Gasteiger partial charge in [-0.15, -0.1) is 0 Å². The van der Waals surface area contributed by atoms with Crippen LogP contribution in [0.2, 0.25) is 0 Å². The fourth-order valence-corrected chi connectivity index (χ4v) is 14.9. The van der Waals surface area contributed by atoms with Gasteiger partial charge in [-0.1, -0.05) is 27.7 Å². The van der Waals surface area contributed by atoms with Crippen LogP contribution in [0.25, 0.3) is 0 Å². The van der Waals surface area contributed by atoms with Gasteiger partial charge in [0.1, 0.15) is 42.7 Å². The third kappa shape index (κ3) is 5.70. The molecule has 21 atom stereocenters. The molecule has 9 N–H and O–H groups in total. The molecule has 55 heavy (non-hydrogen) atoms. The quantitative estimate of drug-likeness (QED) is 0.162. The van der Waals surface area contributed by atoms with Crippen LogP contribution in [0.1, 0.15) is 106 Å². The second kappa shape index (κ2) is 13.2. The van der Waals surface area contributed by atoms with Crippen molar-refractivity contribution >= 4 is 0 Å². The highest BCUT2D eigenvalue weighted by atomic mass is 16.7. The Bertz CT molecular complexity index is 1460. The van der Waals surface area contributed by atoms with Gasteiger partial charge in [0.05, 0.1) is 48.8 Å². The summed E-state index contributed by atoms with van der Waals surface area (Å²) in [6, 6.07) is 0. The fourth-order valence-electron chi connectivity index (χ4n) is 14.9. The van der Waals surface area contributed by atoms with E-state index in [0.29, 0.717) is 25.7 Å². The zero-order valence-corrected chi connectivity index (χ0v) is 33.6. The Balaban J connectivity index is 1.15. The molecule has 0 radical (unpaired) electrons. The summed E-state index contributed by atoms with van der Waals surface area (Å²) in [5, 5.41) is 97.2. The molecule has 0 unspecified atom stereocenters. The van der Waals surface area contributed by atoms with E-state index in [9.17, 15) is 46.0 Å². The van der Waals surface area contributed by atoms with E-state index in [1.54, 1.807) is 13.8 Å². The molecular weight excluding hydrogens is 716 g/mol. The number of aliphatic hydroxyl groups excluding tert-OH is 8. The maximum Gasteiger partial charge on any atom is 0.186 e. The van der Waals surface area contributed by atoms with Gasteiger partial charge in [0, 0.05) is 5.92 Å². The van der Waals surface area contributed by atoms with Crippen molar-refractivity contribution in [1.29, 1.82) is 0 Å². The van der Waals surface area contributed by atoms with E-state index in [2.05, 4.69) is 34.6 Å². The Morgan fingerprint density at radius 2 is 1.40 bits per heavy atom. The zero-order chi connectivity index (χ0) is 40.1. The topological polar surface area (TPSA) is 228 Å². The lowest BCUT2D eigenvalue weighted by Gasteiger charge is -2.65. The molecule has 3 saturated heterocycles. The summed E-state index contributed by atoms with van der Waals surface area (Å²) >= 11 is 0. The lowest BCUT2D eigenvalue weighted by molar-refractivity contribution is -0.339. The highest BCUT2D eigenvalue weighted by Crippen LogP contribution is 2.89. The van der Waals surface area contributed by atoms with E-state index < -0.39 is 96.8 Å². The molecule has 0 amide bonds. The first-order valence-corrected chi connectivity index (χ1v) is 20.9. The van der Waals surface area contributed by atoms with Crippen LogP contribution >= 0.6 is 0 Å². The second-order valence-corrected chi connectivity index (χ2v) is 21.1. The van der Waals surface area contributed by atoms with Crippen molar-refractivity contribution in [2.75, 3.05) is 13.2 Å². The van der Waals surface area contributed by atoms with E-state index in [0.717, 1.165) is 32.1 Å². The molecule has 14 nitrogen and oxygen atoms in total. The number of hydrogen-bond acceptors (Lipinski definition) is 14. The van der Waals surface area contributed by atoms with Gasteiger partial charge in [-0.2, -0.15) is 0 Å². The fraction of sp³-hybridized carbons (Fsp3) is 1.00. The van der Waals surface area contributed by atoms with Gasteiger partial charge in [0.25, 0.3) is 0 Å². The Morgan fingerprint density at radius 3 is 2.05 bits per heavy atom. The zero-order valence-electron chi connectivity index (χ0n) is 33.6. The van der Waals surface area contributed by atoms with Gasteiger partial charge in [-0.05, 0) is 117 Å². The molecule has 0 bridgehead atoms. The maximum absolute atomic E-state index is 12.2. The second-order valence-electron chi connectivity index (χ2n) is 21.1. The van der Waals surface area contributed by atoms with Crippen molar-refractivity contribution in [2.24, 2.45) is 44.8 Å². The van der Waals surface area contributed by atoms with Crippen LogP contribution in [0.15, 0.2) is 0 Å². The third-order valence-corrected chi connectivity index (χ3v) is 17.6. The summed E-state index contributed by atoms with van der Waals surface area (Å²) in [6.45, 7) is 13.8. The number of fused-ring (bicyclic) bond motifs is 2. The highest BCUT2D eigenvalue weighted by Gasteiger charge is 2.85. The molecular formula is C41H68O14.